The van der Waals surface area contributed by atoms with Crippen LogP contribution in [0.5, 0.6) is 0 Å². The van der Waals surface area contributed by atoms with Crippen LogP contribution in [0.3, 0.4) is 0 Å². The Morgan fingerprint density at radius 3 is 2.69 bits per heavy atom. The van der Waals surface area contributed by atoms with Gasteiger partial charge in [0.25, 0.3) is 0 Å². The smallest absolute Gasteiger partial charge is 0.351 e. The maximum Gasteiger partial charge on any atom is 0.351 e. The number of aliphatic imine (C=N–C) groups is 1. The molecule has 1 unspecified atom stereocenters. The average molecular weight is 233 g/mol. The number of thioether (sulfide) groups is 1. The molecule has 0 amide bonds. The van der Waals surface area contributed by atoms with Gasteiger partial charge in [-0.1, -0.05) is 30.3 Å². The van der Waals surface area contributed by atoms with Crippen molar-refractivity contribution in [3.63, 3.8) is 0 Å². The van der Waals surface area contributed by atoms with Gasteiger partial charge in [-0.15, -0.1) is 11.8 Å². The van der Waals surface area contributed by atoms with Gasteiger partial charge in [-0.2, -0.15) is 0 Å². The zero-order valence-electron chi connectivity index (χ0n) is 8.75. The number of hydrogen-bond donors (Lipinski definition) is 1. The lowest BCUT2D eigenvalue weighted by molar-refractivity contribution is -0.129. The molecule has 0 radical (unpaired) electrons. The second-order valence-corrected chi connectivity index (χ2v) is 4.47. The van der Waals surface area contributed by atoms with Gasteiger partial charge < -0.3 is 5.11 Å². The lowest BCUT2D eigenvalue weighted by Gasteiger charge is -2.18. The van der Waals surface area contributed by atoms with Crippen LogP contribution in [-0.4, -0.2) is 16.8 Å². The van der Waals surface area contributed by atoms with Gasteiger partial charge in [0.15, 0.2) is 0 Å². The molecule has 0 saturated heterocycles. The normalized spacial score (nSPS) is 19.9. The second kappa shape index (κ2) is 4.53. The molecular formula is C12H11NO2S. The zero-order valence-corrected chi connectivity index (χ0v) is 9.57. The molecule has 0 spiro atoms. The van der Waals surface area contributed by atoms with Crippen LogP contribution >= 0.6 is 11.8 Å². The van der Waals surface area contributed by atoms with Crippen molar-refractivity contribution in [2.45, 2.75) is 12.2 Å². The fraction of sp³-hybridized carbons (Fsp3) is 0.167. The average Bonchev–Trinajstić information content (AvgIpc) is 2.30. The molecule has 0 fully saturated rings. The van der Waals surface area contributed by atoms with Crippen molar-refractivity contribution in [1.29, 1.82) is 0 Å². The summed E-state index contributed by atoms with van der Waals surface area (Å²) >= 11 is 1.49. The van der Waals surface area contributed by atoms with E-state index >= 15 is 0 Å². The highest BCUT2D eigenvalue weighted by Gasteiger charge is 2.26. The Labute approximate surface area is 97.9 Å². The highest BCUT2D eigenvalue weighted by Crippen LogP contribution is 2.35. The lowest BCUT2D eigenvalue weighted by Crippen LogP contribution is -2.21. The van der Waals surface area contributed by atoms with E-state index in [1.807, 2.05) is 35.7 Å². The third kappa shape index (κ3) is 2.17. The quantitative estimate of drug-likeness (QED) is 0.854. The molecule has 1 aliphatic rings. The van der Waals surface area contributed by atoms with Crippen LogP contribution in [0.2, 0.25) is 0 Å². The molecule has 4 heteroatoms. The summed E-state index contributed by atoms with van der Waals surface area (Å²) in [5.41, 5.74) is 1.92. The van der Waals surface area contributed by atoms with Crippen molar-refractivity contribution in [1.82, 2.24) is 0 Å². The number of benzene rings is 1. The first kappa shape index (κ1) is 11.0. The maximum absolute atomic E-state index is 11.1. The fourth-order valence-corrected chi connectivity index (χ4v) is 2.51. The molecule has 1 aromatic rings. The van der Waals surface area contributed by atoms with Gasteiger partial charge in [-0.05, 0) is 17.9 Å². The van der Waals surface area contributed by atoms with E-state index in [4.69, 9.17) is 5.11 Å². The lowest BCUT2D eigenvalue weighted by atomic mass is 10.1. The van der Waals surface area contributed by atoms with Crippen molar-refractivity contribution in [3.05, 3.63) is 47.0 Å². The predicted molar refractivity (Wildman–Crippen MR) is 65.6 cm³/mol. The number of carbonyl (C=O) groups is 1. The number of allylic oxidation sites excluding steroid dienone is 1. The standard InChI is InChI=1S/C12H11NO2S/c1-8-7-16-11(10(13-8)12(14)15)9-5-3-2-4-6-9/h2-7,11H,1H3,(H,14,15). The maximum atomic E-state index is 11.1. The van der Waals surface area contributed by atoms with Crippen molar-refractivity contribution < 1.29 is 9.90 Å². The monoisotopic (exact) mass is 233 g/mol. The van der Waals surface area contributed by atoms with Crippen LogP contribution in [0.25, 0.3) is 0 Å². The fourth-order valence-electron chi connectivity index (χ4n) is 1.53. The van der Waals surface area contributed by atoms with E-state index in [2.05, 4.69) is 4.99 Å². The van der Waals surface area contributed by atoms with Crippen LogP contribution in [0.4, 0.5) is 0 Å². The first-order valence-corrected chi connectivity index (χ1v) is 5.82. The van der Waals surface area contributed by atoms with E-state index in [1.54, 1.807) is 6.92 Å². The summed E-state index contributed by atoms with van der Waals surface area (Å²) in [5.74, 6) is -0.950. The number of carboxylic acids is 1. The summed E-state index contributed by atoms with van der Waals surface area (Å²) in [6.45, 7) is 1.80. The summed E-state index contributed by atoms with van der Waals surface area (Å²) in [6.07, 6.45) is 0. The largest absolute Gasteiger partial charge is 0.477 e. The molecule has 1 N–H and O–H groups in total. The van der Waals surface area contributed by atoms with Crippen molar-refractivity contribution >= 4 is 23.4 Å². The van der Waals surface area contributed by atoms with Crippen molar-refractivity contribution in [2.24, 2.45) is 4.99 Å². The van der Waals surface area contributed by atoms with Crippen molar-refractivity contribution in [3.8, 4) is 0 Å². The number of rotatable bonds is 2. The zero-order chi connectivity index (χ0) is 11.5. The minimum Gasteiger partial charge on any atom is -0.477 e. The molecule has 2 rings (SSSR count). The van der Waals surface area contributed by atoms with E-state index in [0.717, 1.165) is 11.3 Å². The second-order valence-electron chi connectivity index (χ2n) is 3.49. The Bertz CT molecular complexity index is 465. The Balaban J connectivity index is 2.37. The van der Waals surface area contributed by atoms with Gasteiger partial charge in [0, 0.05) is 5.70 Å². The number of carboxylic acid groups (broad SMARTS) is 1. The number of hydrogen-bond acceptors (Lipinski definition) is 3. The van der Waals surface area contributed by atoms with Gasteiger partial charge in [-0.3, -0.25) is 0 Å². The topological polar surface area (TPSA) is 49.7 Å². The highest BCUT2D eigenvalue weighted by atomic mass is 32.2. The van der Waals surface area contributed by atoms with E-state index < -0.39 is 5.97 Å². The highest BCUT2D eigenvalue weighted by molar-refractivity contribution is 8.03. The molecule has 3 nitrogen and oxygen atoms in total. The molecule has 0 aromatic heterocycles. The Morgan fingerprint density at radius 2 is 2.06 bits per heavy atom. The molecule has 1 heterocycles. The summed E-state index contributed by atoms with van der Waals surface area (Å²) in [5, 5.41) is 10.8. The summed E-state index contributed by atoms with van der Waals surface area (Å²) in [6, 6.07) is 9.56. The predicted octanol–water partition coefficient (Wildman–Crippen LogP) is 2.86. The summed E-state index contributed by atoms with van der Waals surface area (Å²) < 4.78 is 0. The number of nitrogens with zero attached hydrogens (tertiary/aromatic N) is 1. The first-order valence-electron chi connectivity index (χ1n) is 4.87. The van der Waals surface area contributed by atoms with Crippen LogP contribution < -0.4 is 0 Å². The van der Waals surface area contributed by atoms with Gasteiger partial charge in [0.1, 0.15) is 5.71 Å². The van der Waals surface area contributed by atoms with E-state index in [0.29, 0.717) is 0 Å². The Hall–Kier alpha value is -1.55. The molecule has 1 aromatic carbocycles. The van der Waals surface area contributed by atoms with E-state index in [9.17, 15) is 4.79 Å². The Kier molecular flexibility index (Phi) is 3.10. The number of aliphatic carboxylic acids is 1. The van der Waals surface area contributed by atoms with Crippen LogP contribution in [-0.2, 0) is 4.79 Å². The van der Waals surface area contributed by atoms with Gasteiger partial charge in [0.2, 0.25) is 0 Å². The molecule has 82 valence electrons. The molecule has 1 atom stereocenters. The van der Waals surface area contributed by atoms with Crippen LogP contribution in [0.1, 0.15) is 17.7 Å². The van der Waals surface area contributed by atoms with Crippen LogP contribution in [0, 0.1) is 0 Å². The van der Waals surface area contributed by atoms with E-state index in [1.165, 1.54) is 11.8 Å². The molecule has 1 aliphatic heterocycles. The SMILES string of the molecule is CC1=CSC(c2ccccc2)C(C(=O)O)=N1. The summed E-state index contributed by atoms with van der Waals surface area (Å²) in [7, 11) is 0. The van der Waals surface area contributed by atoms with Crippen molar-refractivity contribution in [2.75, 3.05) is 0 Å². The minimum absolute atomic E-state index is 0.205. The van der Waals surface area contributed by atoms with Crippen LogP contribution in [0.15, 0.2) is 46.4 Å². The van der Waals surface area contributed by atoms with Gasteiger partial charge in [0.05, 0.1) is 5.25 Å². The third-order valence-corrected chi connectivity index (χ3v) is 3.49. The molecule has 0 saturated carbocycles. The first-order chi connectivity index (χ1) is 7.68. The third-order valence-electron chi connectivity index (χ3n) is 2.24. The summed E-state index contributed by atoms with van der Waals surface area (Å²) in [4.78, 5) is 15.2. The minimum atomic E-state index is -0.950. The van der Waals surface area contributed by atoms with E-state index in [-0.39, 0.29) is 11.0 Å². The molecular weight excluding hydrogens is 222 g/mol. The molecule has 16 heavy (non-hydrogen) atoms. The Morgan fingerprint density at radius 1 is 1.38 bits per heavy atom. The van der Waals surface area contributed by atoms with Gasteiger partial charge in [-0.25, -0.2) is 9.79 Å². The molecule has 0 bridgehead atoms. The molecule has 0 aliphatic carbocycles. The van der Waals surface area contributed by atoms with Gasteiger partial charge >= 0.3 is 5.97 Å².